The summed E-state index contributed by atoms with van der Waals surface area (Å²) in [6, 6.07) is 2.49. The molecule has 0 aliphatic carbocycles. The average molecular weight is 480 g/mol. The molecule has 1 N–H and O–H groups in total. The monoisotopic (exact) mass is 479 g/mol. The van der Waals surface area contributed by atoms with Gasteiger partial charge in [-0.3, -0.25) is 9.36 Å². The van der Waals surface area contributed by atoms with E-state index in [4.69, 9.17) is 9.84 Å². The molecule has 1 aliphatic heterocycles. The summed E-state index contributed by atoms with van der Waals surface area (Å²) in [5.74, 6) is 0. The van der Waals surface area contributed by atoms with Crippen LogP contribution in [-0.4, -0.2) is 56.4 Å². The van der Waals surface area contributed by atoms with Gasteiger partial charge in [0.05, 0.1) is 28.6 Å². The van der Waals surface area contributed by atoms with E-state index in [9.17, 15) is 0 Å². The number of anilines is 1. The predicted octanol–water partition coefficient (Wildman–Crippen LogP) is 4.08. The summed E-state index contributed by atoms with van der Waals surface area (Å²) in [5, 5.41) is 14.1. The molecule has 4 rings (SSSR count). The number of unbranched alkanes of at least 4 members (excludes halogenated alkanes) is 1. The highest BCUT2D eigenvalue weighted by Crippen LogP contribution is 2.32. The number of aromatic nitrogens is 5. The first-order valence-electron chi connectivity index (χ1n) is 12.7. The van der Waals surface area contributed by atoms with Crippen LogP contribution in [0, 0.1) is 13.8 Å². The minimum absolute atomic E-state index is 0.168. The highest BCUT2D eigenvalue weighted by molar-refractivity contribution is 5.89. The van der Waals surface area contributed by atoms with Crippen LogP contribution in [0.5, 0.6) is 0 Å². The Morgan fingerprint density at radius 3 is 2.83 bits per heavy atom. The van der Waals surface area contributed by atoms with Crippen LogP contribution in [0.15, 0.2) is 24.9 Å². The Hall–Kier alpha value is -2.71. The molecule has 8 nitrogen and oxygen atoms in total. The van der Waals surface area contributed by atoms with E-state index >= 15 is 0 Å². The lowest BCUT2D eigenvalue weighted by molar-refractivity contribution is 0.0219. The van der Waals surface area contributed by atoms with E-state index in [-0.39, 0.29) is 5.60 Å². The molecule has 1 unspecified atom stereocenters. The molecule has 4 heterocycles. The van der Waals surface area contributed by atoms with Crippen molar-refractivity contribution < 1.29 is 4.74 Å². The molecule has 0 amide bonds. The number of fused-ring (bicyclic) bond motifs is 2. The van der Waals surface area contributed by atoms with Crippen LogP contribution in [-0.2, 0) is 31.3 Å². The van der Waals surface area contributed by atoms with Crippen LogP contribution < -0.4 is 10.2 Å². The Morgan fingerprint density at radius 2 is 2.09 bits per heavy atom. The Morgan fingerprint density at radius 1 is 1.29 bits per heavy atom. The summed E-state index contributed by atoms with van der Waals surface area (Å²) in [6.07, 6.45) is 8.26. The topological polar surface area (TPSA) is 73.0 Å². The standard InChI is InChI=1S/C27H41N7O/c1-8-21(28-18-27(4,5)35-7)11-9-10-13-34-24-12-14-33(17-23(24)20(3)31-34)25-15-19(2)30-26-22(25)16-29-32(26)6/h8,15-16,21,28H,1,9-14,17-18H2,2-7H3. The summed E-state index contributed by atoms with van der Waals surface area (Å²) in [7, 11) is 3.71. The maximum atomic E-state index is 5.52. The van der Waals surface area contributed by atoms with Crippen molar-refractivity contribution >= 4 is 16.7 Å². The summed E-state index contributed by atoms with van der Waals surface area (Å²) in [5.41, 5.74) is 6.92. The van der Waals surface area contributed by atoms with Gasteiger partial charge in [0.1, 0.15) is 0 Å². The first-order chi connectivity index (χ1) is 16.7. The third-order valence-electron chi connectivity index (χ3n) is 7.25. The van der Waals surface area contributed by atoms with E-state index in [1.165, 1.54) is 16.9 Å². The number of aryl methyl sites for hydroxylation is 4. The molecular formula is C27H41N7O. The molecule has 0 fully saturated rings. The molecule has 3 aromatic rings. The normalized spacial score (nSPS) is 15.0. The summed E-state index contributed by atoms with van der Waals surface area (Å²) < 4.78 is 9.63. The van der Waals surface area contributed by atoms with Crippen molar-refractivity contribution in [2.75, 3.05) is 25.1 Å². The fraction of sp³-hybridized carbons (Fsp3) is 0.593. The lowest BCUT2D eigenvalue weighted by atomic mass is 10.0. The van der Waals surface area contributed by atoms with E-state index in [0.29, 0.717) is 6.04 Å². The third kappa shape index (κ3) is 5.59. The number of hydrogen-bond donors (Lipinski definition) is 1. The van der Waals surface area contributed by atoms with Crippen LogP contribution in [0.1, 0.15) is 55.8 Å². The number of pyridine rings is 1. The van der Waals surface area contributed by atoms with Gasteiger partial charge >= 0.3 is 0 Å². The van der Waals surface area contributed by atoms with Crippen molar-refractivity contribution in [2.45, 2.75) is 78.1 Å². The molecule has 190 valence electrons. The largest absolute Gasteiger partial charge is 0.377 e. The maximum Gasteiger partial charge on any atom is 0.159 e. The van der Waals surface area contributed by atoms with Crippen LogP contribution >= 0.6 is 0 Å². The minimum Gasteiger partial charge on any atom is -0.377 e. The number of methoxy groups -OCH3 is 1. The van der Waals surface area contributed by atoms with E-state index in [1.807, 2.05) is 24.0 Å². The van der Waals surface area contributed by atoms with Gasteiger partial charge in [-0.15, -0.1) is 6.58 Å². The molecule has 8 heteroatoms. The highest BCUT2D eigenvalue weighted by atomic mass is 16.5. The first-order valence-corrected chi connectivity index (χ1v) is 12.7. The zero-order chi connectivity index (χ0) is 25.2. The van der Waals surface area contributed by atoms with Gasteiger partial charge in [-0.2, -0.15) is 10.2 Å². The van der Waals surface area contributed by atoms with Crippen LogP contribution in [0.25, 0.3) is 11.0 Å². The van der Waals surface area contributed by atoms with Gasteiger partial charge < -0.3 is 15.0 Å². The minimum atomic E-state index is -0.168. The molecular weight excluding hydrogens is 438 g/mol. The highest BCUT2D eigenvalue weighted by Gasteiger charge is 2.25. The zero-order valence-electron chi connectivity index (χ0n) is 22.3. The molecule has 1 aliphatic rings. The zero-order valence-corrected chi connectivity index (χ0v) is 22.3. The Bertz CT molecular complexity index is 1180. The van der Waals surface area contributed by atoms with Gasteiger partial charge in [0.15, 0.2) is 5.65 Å². The van der Waals surface area contributed by atoms with Crippen molar-refractivity contribution in [1.82, 2.24) is 29.9 Å². The number of hydrogen-bond acceptors (Lipinski definition) is 6. The van der Waals surface area contributed by atoms with Crippen molar-refractivity contribution in [3.63, 3.8) is 0 Å². The summed E-state index contributed by atoms with van der Waals surface area (Å²) >= 11 is 0. The second kappa shape index (κ2) is 10.5. The van der Waals surface area contributed by atoms with E-state index < -0.39 is 0 Å². The van der Waals surface area contributed by atoms with Crippen molar-refractivity contribution in [3.05, 3.63) is 47.6 Å². The molecule has 0 radical (unpaired) electrons. The Balaban J connectivity index is 1.37. The summed E-state index contributed by atoms with van der Waals surface area (Å²) in [4.78, 5) is 7.15. The van der Waals surface area contributed by atoms with E-state index in [2.05, 4.69) is 65.3 Å². The first kappa shape index (κ1) is 25.4. The van der Waals surface area contributed by atoms with Crippen LogP contribution in [0.2, 0.25) is 0 Å². The molecule has 0 saturated heterocycles. The molecule has 0 bridgehead atoms. The average Bonchev–Trinajstić information content (AvgIpc) is 3.37. The predicted molar refractivity (Wildman–Crippen MR) is 142 cm³/mol. The molecule has 35 heavy (non-hydrogen) atoms. The third-order valence-corrected chi connectivity index (χ3v) is 7.25. The lowest BCUT2D eigenvalue weighted by Gasteiger charge is -2.30. The van der Waals surface area contributed by atoms with Crippen LogP contribution in [0.3, 0.4) is 0 Å². The second-order valence-electron chi connectivity index (χ2n) is 10.4. The smallest absolute Gasteiger partial charge is 0.159 e. The Kier molecular flexibility index (Phi) is 7.62. The van der Waals surface area contributed by atoms with Crippen LogP contribution in [0.4, 0.5) is 5.69 Å². The van der Waals surface area contributed by atoms with Crippen molar-refractivity contribution in [2.24, 2.45) is 7.05 Å². The summed E-state index contributed by atoms with van der Waals surface area (Å²) in [6.45, 7) is 16.0. The maximum absolute atomic E-state index is 5.52. The fourth-order valence-electron chi connectivity index (χ4n) is 4.91. The van der Waals surface area contributed by atoms with Gasteiger partial charge in [-0.25, -0.2) is 4.98 Å². The van der Waals surface area contributed by atoms with Crippen molar-refractivity contribution in [3.8, 4) is 0 Å². The fourth-order valence-corrected chi connectivity index (χ4v) is 4.91. The quantitative estimate of drug-likeness (QED) is 0.330. The van der Waals surface area contributed by atoms with Gasteiger partial charge in [-0.05, 0) is 53.0 Å². The van der Waals surface area contributed by atoms with E-state index in [0.717, 1.165) is 74.3 Å². The number of nitrogens with one attached hydrogen (secondary N) is 1. The molecule has 0 saturated carbocycles. The molecule has 0 spiro atoms. The van der Waals surface area contributed by atoms with Crippen molar-refractivity contribution in [1.29, 1.82) is 0 Å². The molecule has 1 atom stereocenters. The van der Waals surface area contributed by atoms with Gasteiger partial charge in [0, 0.05) is 69.8 Å². The molecule has 3 aromatic heterocycles. The van der Waals surface area contributed by atoms with E-state index in [1.54, 1.807) is 7.11 Å². The second-order valence-corrected chi connectivity index (χ2v) is 10.4. The number of nitrogens with zero attached hydrogens (tertiary/aromatic N) is 6. The SMILES string of the molecule is C=CC(CCCCn1nc(C)c2c1CCN(c1cc(C)nc3c1cnn3C)C2)NCC(C)(C)OC. The van der Waals surface area contributed by atoms with Gasteiger partial charge in [-0.1, -0.05) is 6.08 Å². The number of ether oxygens (including phenoxy) is 1. The van der Waals surface area contributed by atoms with Gasteiger partial charge in [0.2, 0.25) is 0 Å². The lowest BCUT2D eigenvalue weighted by Crippen LogP contribution is -2.41. The molecule has 0 aromatic carbocycles. The Labute approximate surface area is 209 Å². The number of rotatable bonds is 11. The van der Waals surface area contributed by atoms with Gasteiger partial charge in [0.25, 0.3) is 0 Å².